The second-order valence-electron chi connectivity index (χ2n) is 7.89. The van der Waals surface area contributed by atoms with E-state index in [-0.39, 0.29) is 5.78 Å². The lowest BCUT2D eigenvalue weighted by Crippen LogP contribution is -3.13. The third kappa shape index (κ3) is 6.45. The number of benzene rings is 1. The molecule has 1 aromatic carbocycles. The minimum absolute atomic E-state index is 0.238. The van der Waals surface area contributed by atoms with Gasteiger partial charge in [0.2, 0.25) is 0 Å². The molecule has 28 heavy (non-hydrogen) atoms. The van der Waals surface area contributed by atoms with Crippen LogP contribution in [0.2, 0.25) is 0 Å². The van der Waals surface area contributed by atoms with E-state index >= 15 is 0 Å². The number of piperidine rings is 1. The second kappa shape index (κ2) is 11.0. The Morgan fingerprint density at radius 2 is 2.04 bits per heavy atom. The molecule has 150 valence electrons. The molecule has 2 heterocycles. The number of unbranched alkanes of at least 4 members (excludes halogenated alkanes) is 1. The molecule has 1 saturated heterocycles. The van der Waals surface area contributed by atoms with Crippen LogP contribution < -0.4 is 9.64 Å². The van der Waals surface area contributed by atoms with E-state index in [1.165, 1.54) is 49.9 Å². The summed E-state index contributed by atoms with van der Waals surface area (Å²) in [6.45, 7) is 4.87. The molecule has 2 atom stereocenters. The molecule has 1 N–H and O–H groups in total. The highest BCUT2D eigenvalue weighted by Gasteiger charge is 2.27. The van der Waals surface area contributed by atoms with Crippen LogP contribution in [-0.2, 0) is 11.2 Å². The highest BCUT2D eigenvalue weighted by molar-refractivity contribution is 5.75. The van der Waals surface area contributed by atoms with Crippen molar-refractivity contribution in [2.75, 3.05) is 19.7 Å². The van der Waals surface area contributed by atoms with E-state index in [4.69, 9.17) is 4.74 Å². The molecular weight excluding hydrogens is 348 g/mol. The smallest absolute Gasteiger partial charge is 0.130 e. The van der Waals surface area contributed by atoms with Crippen LogP contribution in [0.25, 0.3) is 0 Å². The summed E-state index contributed by atoms with van der Waals surface area (Å²) in [5.74, 6) is 1.16. The second-order valence-corrected chi connectivity index (χ2v) is 7.89. The number of nitrogens with zero attached hydrogens (tertiary/aromatic N) is 1. The first-order valence-corrected chi connectivity index (χ1v) is 10.7. The lowest BCUT2D eigenvalue weighted by atomic mass is 9.96. The van der Waals surface area contributed by atoms with Gasteiger partial charge in [-0.15, -0.1) is 0 Å². The molecule has 1 fully saturated rings. The van der Waals surface area contributed by atoms with E-state index in [0.717, 1.165) is 25.2 Å². The molecule has 0 aliphatic carbocycles. The summed E-state index contributed by atoms with van der Waals surface area (Å²) in [6, 6.07) is 13.1. The molecule has 0 bridgehead atoms. The first-order valence-electron chi connectivity index (χ1n) is 10.7. The molecule has 0 radical (unpaired) electrons. The predicted molar refractivity (Wildman–Crippen MR) is 112 cm³/mol. The van der Waals surface area contributed by atoms with Crippen molar-refractivity contribution in [3.63, 3.8) is 0 Å². The van der Waals surface area contributed by atoms with Crippen molar-refractivity contribution in [2.45, 2.75) is 57.9 Å². The summed E-state index contributed by atoms with van der Waals surface area (Å²) in [6.07, 6.45) is 11.5. The largest absolute Gasteiger partial charge is 0.494 e. The van der Waals surface area contributed by atoms with Gasteiger partial charge in [-0.3, -0.25) is 4.98 Å². The quantitative estimate of drug-likeness (QED) is 0.640. The molecule has 1 aliphatic heterocycles. The number of rotatable bonds is 10. The normalized spacial score (nSPS) is 19.3. The van der Waals surface area contributed by atoms with Crippen molar-refractivity contribution in [3.8, 4) is 5.75 Å². The number of likely N-dealkylation sites (tertiary alicyclic amines) is 1. The Morgan fingerprint density at radius 1 is 1.18 bits per heavy atom. The molecule has 4 nitrogen and oxygen atoms in total. The van der Waals surface area contributed by atoms with E-state index in [0.29, 0.717) is 12.5 Å². The molecule has 4 heteroatoms. The Morgan fingerprint density at radius 3 is 2.79 bits per heavy atom. The first-order chi connectivity index (χ1) is 13.7. The Balaban J connectivity index is 1.37. The lowest BCUT2D eigenvalue weighted by Gasteiger charge is -2.32. The van der Waals surface area contributed by atoms with Crippen molar-refractivity contribution in [3.05, 3.63) is 59.9 Å². The van der Waals surface area contributed by atoms with Gasteiger partial charge in [0.25, 0.3) is 0 Å². The van der Waals surface area contributed by atoms with Crippen LogP contribution >= 0.6 is 0 Å². The van der Waals surface area contributed by atoms with Gasteiger partial charge < -0.3 is 14.4 Å². The monoisotopic (exact) mass is 381 g/mol. The van der Waals surface area contributed by atoms with Gasteiger partial charge in [-0.05, 0) is 62.8 Å². The molecule has 0 spiro atoms. The first kappa shape index (κ1) is 20.5. The van der Waals surface area contributed by atoms with Gasteiger partial charge >= 0.3 is 0 Å². The van der Waals surface area contributed by atoms with Crippen molar-refractivity contribution >= 4 is 5.78 Å². The van der Waals surface area contributed by atoms with E-state index in [1.54, 1.807) is 11.8 Å². The SMILES string of the molecule is CC(=O)CCc1ccc(OCCCC[NH+]2CCCC[C@H]2c2cccnc2)cc1. The minimum Gasteiger partial charge on any atom is -0.494 e. The van der Waals surface area contributed by atoms with Crippen molar-refractivity contribution in [1.29, 1.82) is 0 Å². The highest BCUT2D eigenvalue weighted by Crippen LogP contribution is 2.18. The summed E-state index contributed by atoms with van der Waals surface area (Å²) in [7, 11) is 0. The zero-order chi connectivity index (χ0) is 19.6. The molecule has 1 aliphatic rings. The van der Waals surface area contributed by atoms with Crippen LogP contribution in [0.1, 0.15) is 62.6 Å². The number of carbonyl (C=O) groups excluding carboxylic acids is 1. The fourth-order valence-corrected chi connectivity index (χ4v) is 4.08. The molecule has 1 aromatic heterocycles. The van der Waals surface area contributed by atoms with Crippen molar-refractivity contribution in [2.24, 2.45) is 0 Å². The summed E-state index contributed by atoms with van der Waals surface area (Å²) in [5.41, 5.74) is 2.58. The number of hydrogen-bond donors (Lipinski definition) is 1. The Labute approximate surface area is 168 Å². The standard InChI is InChI=1S/C24H32N2O2/c1-20(27)9-10-21-11-13-23(14-12-21)28-18-5-4-17-26-16-3-2-8-24(26)22-7-6-15-25-19-22/h6-7,11-15,19,24H,2-5,8-10,16-18H2,1H3/p+1/t24-/m0/s1. The fourth-order valence-electron chi connectivity index (χ4n) is 4.08. The lowest BCUT2D eigenvalue weighted by molar-refractivity contribution is -0.937. The van der Waals surface area contributed by atoms with Crippen LogP contribution in [0.3, 0.4) is 0 Å². The number of nitrogens with one attached hydrogen (secondary N) is 1. The van der Waals surface area contributed by atoms with E-state index < -0.39 is 0 Å². The van der Waals surface area contributed by atoms with Crippen LogP contribution in [0, 0.1) is 0 Å². The molecule has 3 rings (SSSR count). The van der Waals surface area contributed by atoms with E-state index in [1.807, 2.05) is 24.5 Å². The minimum atomic E-state index is 0.238. The van der Waals surface area contributed by atoms with Crippen LogP contribution in [0.4, 0.5) is 0 Å². The van der Waals surface area contributed by atoms with Gasteiger partial charge in [-0.25, -0.2) is 0 Å². The number of quaternary nitrogens is 1. The van der Waals surface area contributed by atoms with E-state index in [9.17, 15) is 4.79 Å². The van der Waals surface area contributed by atoms with Crippen LogP contribution in [0.5, 0.6) is 5.75 Å². The Kier molecular flexibility index (Phi) is 8.04. The third-order valence-corrected chi connectivity index (χ3v) is 5.67. The van der Waals surface area contributed by atoms with Crippen molar-refractivity contribution < 1.29 is 14.4 Å². The topological polar surface area (TPSA) is 43.6 Å². The molecule has 1 unspecified atom stereocenters. The summed E-state index contributed by atoms with van der Waals surface area (Å²) < 4.78 is 5.90. The number of aryl methyl sites for hydroxylation is 1. The van der Waals surface area contributed by atoms with E-state index in [2.05, 4.69) is 29.2 Å². The molecule has 0 amide bonds. The Hall–Kier alpha value is -2.20. The average molecular weight is 382 g/mol. The zero-order valence-electron chi connectivity index (χ0n) is 17.0. The van der Waals surface area contributed by atoms with Crippen LogP contribution in [-0.4, -0.2) is 30.5 Å². The highest BCUT2D eigenvalue weighted by atomic mass is 16.5. The van der Waals surface area contributed by atoms with Gasteiger partial charge in [0, 0.05) is 30.8 Å². The third-order valence-electron chi connectivity index (χ3n) is 5.67. The number of Topliss-reactive ketones (excluding diaryl/α,β-unsaturated/α-hetero) is 1. The van der Waals surface area contributed by atoms with Gasteiger partial charge in [-0.1, -0.05) is 18.2 Å². The maximum absolute atomic E-state index is 11.1. The molecule has 0 saturated carbocycles. The predicted octanol–water partition coefficient (Wildman–Crippen LogP) is 3.57. The number of pyridine rings is 1. The summed E-state index contributed by atoms with van der Waals surface area (Å²) in [5, 5.41) is 0. The molecular formula is C24H33N2O2+. The number of hydrogen-bond acceptors (Lipinski definition) is 3. The van der Waals surface area contributed by atoms with Gasteiger partial charge in [-0.2, -0.15) is 0 Å². The van der Waals surface area contributed by atoms with Gasteiger partial charge in [0.15, 0.2) is 0 Å². The maximum Gasteiger partial charge on any atom is 0.130 e. The van der Waals surface area contributed by atoms with Gasteiger partial charge in [0.1, 0.15) is 17.6 Å². The zero-order valence-corrected chi connectivity index (χ0v) is 17.0. The average Bonchev–Trinajstić information content (AvgIpc) is 2.74. The number of aromatic nitrogens is 1. The fraction of sp³-hybridized carbons (Fsp3) is 0.500. The summed E-state index contributed by atoms with van der Waals surface area (Å²) >= 11 is 0. The summed E-state index contributed by atoms with van der Waals surface area (Å²) in [4.78, 5) is 17.1. The molecule has 2 aromatic rings. The number of carbonyl (C=O) groups is 1. The number of ketones is 1. The Bertz CT molecular complexity index is 715. The maximum atomic E-state index is 11.1. The van der Waals surface area contributed by atoms with Crippen LogP contribution in [0.15, 0.2) is 48.8 Å². The number of ether oxygens (including phenoxy) is 1. The van der Waals surface area contributed by atoms with Crippen molar-refractivity contribution in [1.82, 2.24) is 4.98 Å². The van der Waals surface area contributed by atoms with Gasteiger partial charge in [0.05, 0.1) is 19.7 Å².